The quantitative estimate of drug-likeness (QED) is 0.761. The fourth-order valence-corrected chi connectivity index (χ4v) is 3.26. The van der Waals surface area contributed by atoms with Crippen molar-refractivity contribution in [2.45, 2.75) is 39.0 Å². The third-order valence-corrected chi connectivity index (χ3v) is 5.21. The number of nitrogens with one attached hydrogen (secondary N) is 1. The van der Waals surface area contributed by atoms with Crippen LogP contribution in [-0.4, -0.2) is 17.4 Å². The zero-order valence-corrected chi connectivity index (χ0v) is 15.6. The van der Waals surface area contributed by atoms with Gasteiger partial charge in [-0.25, -0.2) is 4.98 Å². The number of nitrogens with zero attached hydrogens (tertiary/aromatic N) is 1. The van der Waals surface area contributed by atoms with E-state index in [1.54, 1.807) is 11.3 Å². The van der Waals surface area contributed by atoms with Crippen LogP contribution in [0.15, 0.2) is 34.1 Å². The maximum Gasteiger partial charge on any atom is 0.230 e. The van der Waals surface area contributed by atoms with E-state index in [0.29, 0.717) is 6.54 Å². The Kier molecular flexibility index (Phi) is 5.75. The van der Waals surface area contributed by atoms with Gasteiger partial charge in [0.15, 0.2) is 0 Å². The van der Waals surface area contributed by atoms with Crippen LogP contribution in [0.25, 0.3) is 0 Å². The molecular formula is C17H21BrN2OS. The molecule has 0 spiro atoms. The van der Waals surface area contributed by atoms with Gasteiger partial charge in [0.25, 0.3) is 0 Å². The highest BCUT2D eigenvalue weighted by molar-refractivity contribution is 9.10. The van der Waals surface area contributed by atoms with Gasteiger partial charge in [0.05, 0.1) is 10.4 Å². The first-order chi connectivity index (χ1) is 10.4. The molecule has 1 heterocycles. The van der Waals surface area contributed by atoms with Crippen LogP contribution < -0.4 is 5.32 Å². The highest BCUT2D eigenvalue weighted by Gasteiger charge is 2.29. The third kappa shape index (κ3) is 4.40. The van der Waals surface area contributed by atoms with E-state index in [1.165, 1.54) is 0 Å². The Hall–Kier alpha value is -1.20. The average molecular weight is 381 g/mol. The van der Waals surface area contributed by atoms with Crippen LogP contribution in [-0.2, 0) is 16.6 Å². The molecule has 0 aliphatic heterocycles. The van der Waals surface area contributed by atoms with Gasteiger partial charge in [0.1, 0.15) is 0 Å². The average Bonchev–Trinajstić information content (AvgIpc) is 2.89. The molecule has 0 bridgehead atoms. The minimum atomic E-state index is -0.529. The molecule has 1 aromatic heterocycles. The molecule has 2 rings (SSSR count). The van der Waals surface area contributed by atoms with Crippen molar-refractivity contribution in [2.75, 3.05) is 6.54 Å². The second-order valence-electron chi connectivity index (χ2n) is 5.87. The first kappa shape index (κ1) is 17.2. The van der Waals surface area contributed by atoms with Crippen molar-refractivity contribution < 1.29 is 4.79 Å². The number of benzene rings is 1. The number of carbonyl (C=O) groups is 1. The molecular weight excluding hydrogens is 360 g/mol. The molecule has 1 aromatic carbocycles. The third-order valence-electron chi connectivity index (χ3n) is 3.65. The van der Waals surface area contributed by atoms with Crippen LogP contribution in [0, 0.1) is 6.92 Å². The molecule has 1 amide bonds. The monoisotopic (exact) mass is 380 g/mol. The van der Waals surface area contributed by atoms with Gasteiger partial charge in [0, 0.05) is 28.5 Å². The predicted molar refractivity (Wildman–Crippen MR) is 95.3 cm³/mol. The Morgan fingerprint density at radius 3 is 2.59 bits per heavy atom. The lowest BCUT2D eigenvalue weighted by molar-refractivity contribution is -0.125. The lowest BCUT2D eigenvalue weighted by Crippen LogP contribution is -2.40. The summed E-state index contributed by atoms with van der Waals surface area (Å²) in [4.78, 5) is 16.9. The number of thiazole rings is 1. The molecule has 0 fully saturated rings. The van der Waals surface area contributed by atoms with E-state index < -0.39 is 5.41 Å². The minimum absolute atomic E-state index is 0.0603. The topological polar surface area (TPSA) is 42.0 Å². The number of halogens is 1. The zero-order chi connectivity index (χ0) is 16.2. The van der Waals surface area contributed by atoms with Crippen LogP contribution in [0.2, 0.25) is 0 Å². The van der Waals surface area contributed by atoms with Crippen molar-refractivity contribution in [2.24, 2.45) is 0 Å². The Bertz CT molecular complexity index is 634. The minimum Gasteiger partial charge on any atom is -0.355 e. The number of aromatic nitrogens is 1. The second-order valence-corrected chi connectivity index (χ2v) is 7.73. The smallest absolute Gasteiger partial charge is 0.230 e. The van der Waals surface area contributed by atoms with E-state index in [4.69, 9.17) is 0 Å². The predicted octanol–water partition coefficient (Wildman–Crippen LogP) is 4.24. The van der Waals surface area contributed by atoms with E-state index >= 15 is 0 Å². The SMILES string of the molecule is Cc1csc(CCCNC(=O)C(C)(C)c2ccc(Br)cc2)n1. The highest BCUT2D eigenvalue weighted by Crippen LogP contribution is 2.25. The number of rotatable bonds is 6. The summed E-state index contributed by atoms with van der Waals surface area (Å²) in [5.41, 5.74) is 1.56. The van der Waals surface area contributed by atoms with Crippen molar-refractivity contribution in [3.05, 3.63) is 50.4 Å². The van der Waals surface area contributed by atoms with Gasteiger partial charge in [-0.1, -0.05) is 28.1 Å². The maximum atomic E-state index is 12.4. The van der Waals surface area contributed by atoms with E-state index in [-0.39, 0.29) is 5.91 Å². The summed E-state index contributed by atoms with van der Waals surface area (Å²) in [7, 11) is 0. The van der Waals surface area contributed by atoms with Crippen molar-refractivity contribution in [1.29, 1.82) is 0 Å². The van der Waals surface area contributed by atoms with Crippen molar-refractivity contribution >= 4 is 33.2 Å². The van der Waals surface area contributed by atoms with Crippen LogP contribution in [0.5, 0.6) is 0 Å². The van der Waals surface area contributed by atoms with Crippen LogP contribution in [0.4, 0.5) is 0 Å². The van der Waals surface area contributed by atoms with E-state index in [2.05, 4.69) is 31.6 Å². The summed E-state index contributed by atoms with van der Waals surface area (Å²) in [6, 6.07) is 7.91. The van der Waals surface area contributed by atoms with Crippen molar-refractivity contribution in [1.82, 2.24) is 10.3 Å². The molecule has 3 nitrogen and oxygen atoms in total. The maximum absolute atomic E-state index is 12.4. The lowest BCUT2D eigenvalue weighted by Gasteiger charge is -2.24. The standard InChI is InChI=1S/C17H21BrN2OS/c1-12-11-22-15(20-12)5-4-10-19-16(21)17(2,3)13-6-8-14(18)9-7-13/h6-9,11H,4-5,10H2,1-3H3,(H,19,21). The fourth-order valence-electron chi connectivity index (χ4n) is 2.18. The Labute approximate surface area is 144 Å². The molecule has 0 atom stereocenters. The van der Waals surface area contributed by atoms with Gasteiger partial charge in [-0.2, -0.15) is 0 Å². The molecule has 0 aliphatic carbocycles. The molecule has 0 radical (unpaired) electrons. The number of hydrogen-bond acceptors (Lipinski definition) is 3. The molecule has 0 saturated heterocycles. The molecule has 22 heavy (non-hydrogen) atoms. The summed E-state index contributed by atoms with van der Waals surface area (Å²) < 4.78 is 1.02. The molecule has 118 valence electrons. The van der Waals surface area contributed by atoms with Crippen LogP contribution >= 0.6 is 27.3 Å². The summed E-state index contributed by atoms with van der Waals surface area (Å²) in [6.45, 7) is 6.59. The van der Waals surface area contributed by atoms with E-state index in [0.717, 1.165) is 33.6 Å². The van der Waals surface area contributed by atoms with Gasteiger partial charge in [0.2, 0.25) is 5.91 Å². The summed E-state index contributed by atoms with van der Waals surface area (Å²) in [5, 5.41) is 6.24. The first-order valence-corrected chi connectivity index (χ1v) is 9.02. The molecule has 5 heteroatoms. The number of hydrogen-bond donors (Lipinski definition) is 1. The molecule has 0 saturated carbocycles. The van der Waals surface area contributed by atoms with Crippen molar-refractivity contribution in [3.8, 4) is 0 Å². The summed E-state index contributed by atoms with van der Waals surface area (Å²) in [5.74, 6) is 0.0603. The van der Waals surface area contributed by atoms with Crippen molar-refractivity contribution in [3.63, 3.8) is 0 Å². The highest BCUT2D eigenvalue weighted by atomic mass is 79.9. The second kappa shape index (κ2) is 7.38. The Balaban J connectivity index is 1.84. The largest absolute Gasteiger partial charge is 0.355 e. The van der Waals surface area contributed by atoms with E-state index in [1.807, 2.05) is 45.0 Å². The van der Waals surface area contributed by atoms with Gasteiger partial charge in [-0.05, 0) is 44.9 Å². The Morgan fingerprint density at radius 1 is 1.32 bits per heavy atom. The molecule has 1 N–H and O–H groups in total. The molecule has 0 aliphatic rings. The fraction of sp³-hybridized carbons (Fsp3) is 0.412. The number of amides is 1. The van der Waals surface area contributed by atoms with Gasteiger partial charge < -0.3 is 5.32 Å². The zero-order valence-electron chi connectivity index (χ0n) is 13.1. The normalized spacial score (nSPS) is 11.5. The first-order valence-electron chi connectivity index (χ1n) is 7.35. The van der Waals surface area contributed by atoms with Gasteiger partial charge >= 0.3 is 0 Å². The number of carbonyl (C=O) groups excluding carboxylic acids is 1. The Morgan fingerprint density at radius 2 is 2.00 bits per heavy atom. The van der Waals surface area contributed by atoms with Crippen LogP contribution in [0.3, 0.4) is 0 Å². The molecule has 0 unspecified atom stereocenters. The summed E-state index contributed by atoms with van der Waals surface area (Å²) >= 11 is 5.10. The lowest BCUT2D eigenvalue weighted by atomic mass is 9.84. The van der Waals surface area contributed by atoms with Gasteiger partial charge in [-0.3, -0.25) is 4.79 Å². The molecule has 2 aromatic rings. The number of aryl methyl sites for hydroxylation is 2. The van der Waals surface area contributed by atoms with Crippen LogP contribution in [0.1, 0.15) is 36.5 Å². The van der Waals surface area contributed by atoms with E-state index in [9.17, 15) is 4.79 Å². The summed E-state index contributed by atoms with van der Waals surface area (Å²) in [6.07, 6.45) is 1.83. The van der Waals surface area contributed by atoms with Gasteiger partial charge in [-0.15, -0.1) is 11.3 Å².